The quantitative estimate of drug-likeness (QED) is 0.754. The molecule has 0 bridgehead atoms. The third-order valence-electron chi connectivity index (χ3n) is 3.36. The lowest BCUT2D eigenvalue weighted by Gasteiger charge is -2.08. The Kier molecular flexibility index (Phi) is 4.64. The number of hydrogen-bond donors (Lipinski definition) is 2. The summed E-state index contributed by atoms with van der Waals surface area (Å²) >= 11 is 0. The van der Waals surface area contributed by atoms with Crippen LogP contribution in [0.2, 0.25) is 0 Å². The maximum absolute atomic E-state index is 12.3. The number of para-hydroxylation sites is 1. The number of nitrogens with zero attached hydrogens (tertiary/aromatic N) is 1. The van der Waals surface area contributed by atoms with Crippen molar-refractivity contribution in [3.05, 3.63) is 90.1 Å². The monoisotopic (exact) mass is 303 g/mol. The van der Waals surface area contributed by atoms with Gasteiger partial charge in [0, 0.05) is 24.0 Å². The first kappa shape index (κ1) is 14.8. The predicted molar refractivity (Wildman–Crippen MR) is 91.6 cm³/mol. The van der Waals surface area contributed by atoms with E-state index in [1.165, 1.54) is 0 Å². The fourth-order valence-electron chi connectivity index (χ4n) is 2.19. The van der Waals surface area contributed by atoms with Crippen LogP contribution < -0.4 is 10.6 Å². The molecule has 0 aliphatic carbocycles. The Bertz CT molecular complexity index is 773. The molecule has 0 aliphatic heterocycles. The zero-order chi connectivity index (χ0) is 15.9. The summed E-state index contributed by atoms with van der Waals surface area (Å²) in [7, 11) is 0. The molecule has 0 radical (unpaired) electrons. The zero-order valence-corrected chi connectivity index (χ0v) is 12.6. The molecule has 0 fully saturated rings. The predicted octanol–water partition coefficient (Wildman–Crippen LogP) is 3.76. The van der Waals surface area contributed by atoms with Gasteiger partial charge in [-0.2, -0.15) is 0 Å². The highest BCUT2D eigenvalue weighted by atomic mass is 16.1. The molecule has 0 saturated heterocycles. The van der Waals surface area contributed by atoms with Crippen LogP contribution in [0.25, 0.3) is 0 Å². The molecule has 23 heavy (non-hydrogen) atoms. The minimum atomic E-state index is -0.118. The summed E-state index contributed by atoms with van der Waals surface area (Å²) < 4.78 is 0. The van der Waals surface area contributed by atoms with Crippen LogP contribution >= 0.6 is 0 Å². The molecule has 3 rings (SSSR count). The second-order valence-electron chi connectivity index (χ2n) is 5.09. The van der Waals surface area contributed by atoms with Crippen molar-refractivity contribution in [2.24, 2.45) is 0 Å². The van der Waals surface area contributed by atoms with E-state index in [1.54, 1.807) is 18.3 Å². The van der Waals surface area contributed by atoms with Crippen LogP contribution in [-0.2, 0) is 6.54 Å². The van der Waals surface area contributed by atoms with Gasteiger partial charge in [-0.1, -0.05) is 48.5 Å². The van der Waals surface area contributed by atoms with Gasteiger partial charge >= 0.3 is 0 Å². The van der Waals surface area contributed by atoms with E-state index in [9.17, 15) is 4.79 Å². The van der Waals surface area contributed by atoms with Crippen molar-refractivity contribution in [1.82, 2.24) is 10.3 Å². The minimum Gasteiger partial charge on any atom is -0.348 e. The highest BCUT2D eigenvalue weighted by Gasteiger charge is 2.07. The van der Waals surface area contributed by atoms with E-state index >= 15 is 0 Å². The van der Waals surface area contributed by atoms with Crippen LogP contribution in [0.3, 0.4) is 0 Å². The number of nitrogens with one attached hydrogen (secondary N) is 2. The third kappa shape index (κ3) is 4.17. The molecule has 3 aromatic rings. The van der Waals surface area contributed by atoms with Crippen LogP contribution in [-0.4, -0.2) is 10.9 Å². The van der Waals surface area contributed by atoms with Crippen LogP contribution in [0, 0.1) is 0 Å². The molecular formula is C19H17N3O. The second-order valence-corrected chi connectivity index (χ2v) is 5.09. The number of anilines is 2. The molecule has 4 nitrogen and oxygen atoms in total. The van der Waals surface area contributed by atoms with Gasteiger partial charge in [0.15, 0.2) is 0 Å². The van der Waals surface area contributed by atoms with E-state index < -0.39 is 0 Å². The largest absolute Gasteiger partial charge is 0.348 e. The Morgan fingerprint density at radius 1 is 0.913 bits per heavy atom. The van der Waals surface area contributed by atoms with Gasteiger partial charge in [-0.05, 0) is 29.8 Å². The Labute approximate surface area is 135 Å². The van der Waals surface area contributed by atoms with Crippen LogP contribution in [0.1, 0.15) is 15.9 Å². The summed E-state index contributed by atoms with van der Waals surface area (Å²) in [5.41, 5.74) is 2.58. The summed E-state index contributed by atoms with van der Waals surface area (Å²) in [6, 6.07) is 23.0. The van der Waals surface area contributed by atoms with E-state index in [0.717, 1.165) is 11.3 Å². The number of rotatable bonds is 5. The first-order chi connectivity index (χ1) is 11.3. The van der Waals surface area contributed by atoms with Crippen molar-refractivity contribution in [3.8, 4) is 0 Å². The van der Waals surface area contributed by atoms with Crippen molar-refractivity contribution in [1.29, 1.82) is 0 Å². The lowest BCUT2D eigenvalue weighted by atomic mass is 10.2. The number of carbonyl (C=O) groups is 1. The molecular weight excluding hydrogens is 286 g/mol. The van der Waals surface area contributed by atoms with E-state index in [0.29, 0.717) is 17.9 Å². The summed E-state index contributed by atoms with van der Waals surface area (Å²) in [5.74, 6) is 0.524. The molecule has 0 aliphatic rings. The maximum Gasteiger partial charge on any atom is 0.251 e. The summed E-state index contributed by atoms with van der Waals surface area (Å²) in [6.45, 7) is 0.503. The van der Waals surface area contributed by atoms with Crippen molar-refractivity contribution >= 4 is 17.4 Å². The van der Waals surface area contributed by atoms with Gasteiger partial charge in [-0.15, -0.1) is 0 Å². The maximum atomic E-state index is 12.3. The molecule has 0 unspecified atom stereocenters. The van der Waals surface area contributed by atoms with Crippen molar-refractivity contribution in [2.75, 3.05) is 5.32 Å². The van der Waals surface area contributed by atoms with Gasteiger partial charge in [0.25, 0.3) is 5.91 Å². The highest BCUT2D eigenvalue weighted by molar-refractivity contribution is 5.94. The Hall–Kier alpha value is -3.14. The highest BCUT2D eigenvalue weighted by Crippen LogP contribution is 2.14. The minimum absolute atomic E-state index is 0.118. The van der Waals surface area contributed by atoms with Crippen molar-refractivity contribution in [3.63, 3.8) is 0 Å². The topological polar surface area (TPSA) is 54.0 Å². The SMILES string of the molecule is O=C(NCc1ccccc1)c1ccnc(Nc2ccccc2)c1. The van der Waals surface area contributed by atoms with E-state index in [-0.39, 0.29) is 5.91 Å². The van der Waals surface area contributed by atoms with Gasteiger partial charge in [0.1, 0.15) is 5.82 Å². The average Bonchev–Trinajstić information content (AvgIpc) is 2.62. The molecule has 1 amide bonds. The average molecular weight is 303 g/mol. The smallest absolute Gasteiger partial charge is 0.251 e. The number of carbonyl (C=O) groups excluding carboxylic acids is 1. The van der Waals surface area contributed by atoms with Gasteiger partial charge in [-0.25, -0.2) is 4.98 Å². The first-order valence-corrected chi connectivity index (χ1v) is 7.41. The number of benzene rings is 2. The number of amides is 1. The van der Waals surface area contributed by atoms with E-state index in [2.05, 4.69) is 15.6 Å². The third-order valence-corrected chi connectivity index (χ3v) is 3.36. The van der Waals surface area contributed by atoms with E-state index in [1.807, 2.05) is 60.7 Å². The summed E-state index contributed by atoms with van der Waals surface area (Å²) in [4.78, 5) is 16.5. The van der Waals surface area contributed by atoms with Crippen molar-refractivity contribution in [2.45, 2.75) is 6.54 Å². The fourth-order valence-corrected chi connectivity index (χ4v) is 2.19. The van der Waals surface area contributed by atoms with Crippen LogP contribution in [0.4, 0.5) is 11.5 Å². The molecule has 4 heteroatoms. The molecule has 1 heterocycles. The normalized spacial score (nSPS) is 10.1. The molecule has 1 aromatic heterocycles. The standard InChI is InChI=1S/C19H17N3O/c23-19(21-14-15-7-3-1-4-8-15)16-11-12-20-18(13-16)22-17-9-5-2-6-10-17/h1-13H,14H2,(H,20,22)(H,21,23). The second kappa shape index (κ2) is 7.22. The van der Waals surface area contributed by atoms with Gasteiger partial charge in [-0.3, -0.25) is 4.79 Å². The molecule has 2 N–H and O–H groups in total. The molecule has 114 valence electrons. The first-order valence-electron chi connectivity index (χ1n) is 7.41. The number of aromatic nitrogens is 1. The Morgan fingerprint density at radius 3 is 2.35 bits per heavy atom. The lowest BCUT2D eigenvalue weighted by Crippen LogP contribution is -2.22. The molecule has 0 spiro atoms. The van der Waals surface area contributed by atoms with Gasteiger partial charge < -0.3 is 10.6 Å². The summed E-state index contributed by atoms with van der Waals surface area (Å²) in [6.07, 6.45) is 1.63. The van der Waals surface area contributed by atoms with Gasteiger partial charge in [0.2, 0.25) is 0 Å². The molecule has 0 saturated carbocycles. The van der Waals surface area contributed by atoms with Gasteiger partial charge in [0.05, 0.1) is 0 Å². The van der Waals surface area contributed by atoms with Crippen molar-refractivity contribution < 1.29 is 4.79 Å². The Balaban J connectivity index is 1.65. The Morgan fingerprint density at radius 2 is 1.61 bits per heavy atom. The lowest BCUT2D eigenvalue weighted by molar-refractivity contribution is 0.0951. The zero-order valence-electron chi connectivity index (χ0n) is 12.6. The van der Waals surface area contributed by atoms with Crippen LogP contribution in [0.15, 0.2) is 79.0 Å². The molecule has 2 aromatic carbocycles. The van der Waals surface area contributed by atoms with E-state index in [4.69, 9.17) is 0 Å². The fraction of sp³-hybridized carbons (Fsp3) is 0.0526. The van der Waals surface area contributed by atoms with Crippen LogP contribution in [0.5, 0.6) is 0 Å². The number of pyridine rings is 1. The number of hydrogen-bond acceptors (Lipinski definition) is 3. The summed E-state index contributed by atoms with van der Waals surface area (Å²) in [5, 5.41) is 6.09. The molecule has 0 atom stereocenters.